The maximum absolute atomic E-state index is 13.2. The quantitative estimate of drug-likeness (QED) is 0.560. The first-order valence-electron chi connectivity index (χ1n) is 9.92. The zero-order valence-electron chi connectivity index (χ0n) is 17.8. The van der Waals surface area contributed by atoms with Gasteiger partial charge in [0.25, 0.3) is 15.9 Å². The van der Waals surface area contributed by atoms with Crippen molar-refractivity contribution in [1.82, 2.24) is 4.90 Å². The highest BCUT2D eigenvalue weighted by Crippen LogP contribution is 2.26. The Morgan fingerprint density at radius 3 is 2.32 bits per heavy atom. The van der Waals surface area contributed by atoms with E-state index in [9.17, 15) is 13.2 Å². The summed E-state index contributed by atoms with van der Waals surface area (Å²) in [5.74, 6) is 0.181. The number of carbonyl (C=O) groups is 1. The molecule has 3 aromatic rings. The second kappa shape index (κ2) is 9.66. The summed E-state index contributed by atoms with van der Waals surface area (Å²) in [5.41, 5.74) is 1.65. The van der Waals surface area contributed by atoms with Crippen molar-refractivity contribution in [2.75, 3.05) is 11.8 Å². The van der Waals surface area contributed by atoms with E-state index in [1.54, 1.807) is 41.3 Å². The molecule has 0 spiro atoms. The number of sulfonamides is 1. The van der Waals surface area contributed by atoms with Gasteiger partial charge in [-0.3, -0.25) is 9.52 Å². The summed E-state index contributed by atoms with van der Waals surface area (Å²) >= 11 is 0. The van der Waals surface area contributed by atoms with Crippen LogP contribution in [0.1, 0.15) is 29.8 Å². The predicted octanol–water partition coefficient (Wildman–Crippen LogP) is 4.55. The molecule has 0 unspecified atom stereocenters. The fraction of sp³-hybridized carbons (Fsp3) is 0.208. The van der Waals surface area contributed by atoms with Crippen LogP contribution in [0.25, 0.3) is 0 Å². The Balaban J connectivity index is 1.88. The van der Waals surface area contributed by atoms with E-state index in [0.29, 0.717) is 23.5 Å². The Hall–Kier alpha value is -3.32. The molecule has 6 nitrogen and oxygen atoms in total. The van der Waals surface area contributed by atoms with Crippen molar-refractivity contribution in [3.8, 4) is 5.75 Å². The SMILES string of the molecule is COc1ccccc1NS(=O)(=O)c1cccc(C(=O)N(Cc2ccccc2)C(C)C)c1. The van der Waals surface area contributed by atoms with E-state index < -0.39 is 10.0 Å². The Morgan fingerprint density at radius 1 is 0.968 bits per heavy atom. The molecule has 1 amide bonds. The highest BCUT2D eigenvalue weighted by Gasteiger charge is 2.22. The van der Waals surface area contributed by atoms with E-state index in [2.05, 4.69) is 4.72 Å². The molecule has 0 radical (unpaired) electrons. The third-order valence-corrected chi connectivity index (χ3v) is 6.19. The standard InChI is InChI=1S/C24H26N2O4S/c1-18(2)26(17-19-10-5-4-6-11-19)24(27)20-12-9-13-21(16-20)31(28,29)25-22-14-7-8-15-23(22)30-3/h4-16,18,25H,17H2,1-3H3. The molecular formula is C24H26N2O4S. The summed E-state index contributed by atoms with van der Waals surface area (Å²) in [6.45, 7) is 4.31. The van der Waals surface area contributed by atoms with Crippen LogP contribution in [-0.4, -0.2) is 32.4 Å². The molecule has 31 heavy (non-hydrogen) atoms. The van der Waals surface area contributed by atoms with Gasteiger partial charge in [0, 0.05) is 18.2 Å². The highest BCUT2D eigenvalue weighted by atomic mass is 32.2. The summed E-state index contributed by atoms with van der Waals surface area (Å²) in [6.07, 6.45) is 0. The van der Waals surface area contributed by atoms with Gasteiger partial charge in [-0.1, -0.05) is 48.5 Å². The third kappa shape index (κ3) is 5.44. The summed E-state index contributed by atoms with van der Waals surface area (Å²) in [4.78, 5) is 14.9. The Morgan fingerprint density at radius 2 is 1.65 bits per heavy atom. The van der Waals surface area contributed by atoms with Crippen molar-refractivity contribution in [2.24, 2.45) is 0 Å². The lowest BCUT2D eigenvalue weighted by Gasteiger charge is -2.27. The van der Waals surface area contributed by atoms with E-state index in [1.165, 1.54) is 19.2 Å². The van der Waals surface area contributed by atoms with E-state index in [4.69, 9.17) is 4.74 Å². The number of ether oxygens (including phenoxy) is 1. The lowest BCUT2D eigenvalue weighted by atomic mass is 10.1. The fourth-order valence-electron chi connectivity index (χ4n) is 3.16. The topological polar surface area (TPSA) is 75.7 Å². The van der Waals surface area contributed by atoms with Crippen molar-refractivity contribution in [3.05, 3.63) is 90.0 Å². The highest BCUT2D eigenvalue weighted by molar-refractivity contribution is 7.92. The van der Waals surface area contributed by atoms with E-state index in [0.717, 1.165) is 5.56 Å². The summed E-state index contributed by atoms with van der Waals surface area (Å²) in [5, 5.41) is 0. The number of anilines is 1. The number of methoxy groups -OCH3 is 1. The monoisotopic (exact) mass is 438 g/mol. The molecule has 0 bridgehead atoms. The van der Waals surface area contributed by atoms with Gasteiger partial charge in [-0.05, 0) is 49.7 Å². The molecule has 0 aliphatic carbocycles. The molecule has 0 heterocycles. The minimum Gasteiger partial charge on any atom is -0.495 e. The van der Waals surface area contributed by atoms with Crippen LogP contribution in [0.15, 0.2) is 83.8 Å². The number of hydrogen-bond acceptors (Lipinski definition) is 4. The second-order valence-electron chi connectivity index (χ2n) is 7.35. The summed E-state index contributed by atoms with van der Waals surface area (Å²) in [6, 6.07) is 22.5. The molecule has 0 fully saturated rings. The lowest BCUT2D eigenvalue weighted by Crippen LogP contribution is -2.36. The van der Waals surface area contributed by atoms with Crippen molar-refractivity contribution >= 4 is 21.6 Å². The van der Waals surface area contributed by atoms with Crippen LogP contribution >= 0.6 is 0 Å². The van der Waals surface area contributed by atoms with Crippen molar-refractivity contribution in [3.63, 3.8) is 0 Å². The van der Waals surface area contributed by atoms with E-state index in [1.807, 2.05) is 44.2 Å². The van der Waals surface area contributed by atoms with E-state index in [-0.39, 0.29) is 16.8 Å². The Labute approximate surface area is 183 Å². The minimum absolute atomic E-state index is 0.00710. The first-order valence-corrected chi connectivity index (χ1v) is 11.4. The molecule has 0 aliphatic heterocycles. The molecule has 162 valence electrons. The number of para-hydroxylation sites is 2. The number of carbonyl (C=O) groups excluding carboxylic acids is 1. The number of hydrogen-bond donors (Lipinski definition) is 1. The molecule has 0 saturated heterocycles. The van der Waals surface area contributed by atoms with Gasteiger partial charge in [0.05, 0.1) is 17.7 Å². The number of rotatable bonds is 8. The Kier molecular flexibility index (Phi) is 6.97. The van der Waals surface area contributed by atoms with Crippen LogP contribution in [0.5, 0.6) is 5.75 Å². The van der Waals surface area contributed by atoms with Crippen LogP contribution in [0.4, 0.5) is 5.69 Å². The van der Waals surface area contributed by atoms with Crippen molar-refractivity contribution in [1.29, 1.82) is 0 Å². The molecule has 0 saturated carbocycles. The number of nitrogens with one attached hydrogen (secondary N) is 1. The number of amides is 1. The molecule has 3 aromatic carbocycles. The van der Waals surface area contributed by atoms with Gasteiger partial charge in [0.15, 0.2) is 0 Å². The van der Waals surface area contributed by atoms with Gasteiger partial charge in [0.2, 0.25) is 0 Å². The van der Waals surface area contributed by atoms with Crippen LogP contribution in [-0.2, 0) is 16.6 Å². The maximum Gasteiger partial charge on any atom is 0.262 e. The molecule has 1 N–H and O–H groups in total. The average molecular weight is 439 g/mol. The fourth-order valence-corrected chi connectivity index (χ4v) is 4.28. The van der Waals surface area contributed by atoms with Gasteiger partial charge in [-0.15, -0.1) is 0 Å². The largest absolute Gasteiger partial charge is 0.495 e. The predicted molar refractivity (Wildman–Crippen MR) is 122 cm³/mol. The van der Waals surface area contributed by atoms with Crippen LogP contribution in [0.2, 0.25) is 0 Å². The summed E-state index contributed by atoms with van der Waals surface area (Å²) in [7, 11) is -2.44. The van der Waals surface area contributed by atoms with E-state index >= 15 is 0 Å². The van der Waals surface area contributed by atoms with Crippen LogP contribution < -0.4 is 9.46 Å². The van der Waals surface area contributed by atoms with Crippen molar-refractivity contribution < 1.29 is 17.9 Å². The molecule has 0 atom stereocenters. The van der Waals surface area contributed by atoms with Gasteiger partial charge >= 0.3 is 0 Å². The van der Waals surface area contributed by atoms with Crippen LogP contribution in [0.3, 0.4) is 0 Å². The zero-order chi connectivity index (χ0) is 22.4. The average Bonchev–Trinajstić information content (AvgIpc) is 2.78. The summed E-state index contributed by atoms with van der Waals surface area (Å²) < 4.78 is 33.6. The van der Waals surface area contributed by atoms with Gasteiger partial charge in [-0.25, -0.2) is 8.42 Å². The first kappa shape index (κ1) is 22.4. The van der Waals surface area contributed by atoms with Gasteiger partial charge < -0.3 is 9.64 Å². The minimum atomic E-state index is -3.91. The number of benzene rings is 3. The van der Waals surface area contributed by atoms with Crippen molar-refractivity contribution in [2.45, 2.75) is 31.3 Å². The molecule has 7 heteroatoms. The number of nitrogens with zero attached hydrogens (tertiary/aromatic N) is 1. The van der Waals surface area contributed by atoms with Crippen LogP contribution in [0, 0.1) is 0 Å². The van der Waals surface area contributed by atoms with Gasteiger partial charge in [0.1, 0.15) is 5.75 Å². The lowest BCUT2D eigenvalue weighted by molar-refractivity contribution is 0.0690. The molecule has 0 aliphatic rings. The normalized spacial score (nSPS) is 11.2. The smallest absolute Gasteiger partial charge is 0.262 e. The molecule has 3 rings (SSSR count). The third-order valence-electron chi connectivity index (χ3n) is 4.82. The maximum atomic E-state index is 13.2. The Bertz CT molecular complexity index is 1150. The molecule has 0 aromatic heterocycles. The zero-order valence-corrected chi connectivity index (χ0v) is 18.6. The first-order chi connectivity index (χ1) is 14.8. The van der Waals surface area contributed by atoms with Gasteiger partial charge in [-0.2, -0.15) is 0 Å². The molecular weight excluding hydrogens is 412 g/mol. The second-order valence-corrected chi connectivity index (χ2v) is 9.03.